The topological polar surface area (TPSA) is 65.7 Å². The number of ether oxygens (including phenoxy) is 3. The molecule has 5 heteroatoms. The Morgan fingerprint density at radius 3 is 2.63 bits per heavy atom. The Labute approximate surface area is 112 Å². The van der Waals surface area contributed by atoms with Gasteiger partial charge >= 0.3 is 0 Å². The molecule has 1 aromatic rings. The van der Waals surface area contributed by atoms with Crippen LogP contribution >= 0.6 is 0 Å². The molecule has 3 N–H and O–H groups in total. The number of rotatable bonds is 3. The zero-order valence-corrected chi connectivity index (χ0v) is 10.7. The molecule has 0 aliphatic carbocycles. The second-order valence-corrected chi connectivity index (χ2v) is 4.60. The molecule has 0 aromatic heterocycles. The van der Waals surface area contributed by atoms with Crippen molar-refractivity contribution in [3.05, 3.63) is 35.6 Å². The summed E-state index contributed by atoms with van der Waals surface area (Å²) in [6.45, 7) is 1.92. The minimum absolute atomic E-state index is 0.142. The van der Waals surface area contributed by atoms with E-state index in [1.807, 2.05) is 18.2 Å². The van der Waals surface area contributed by atoms with E-state index in [-0.39, 0.29) is 6.04 Å². The molecule has 1 aromatic carbocycles. The van der Waals surface area contributed by atoms with Crippen molar-refractivity contribution in [2.75, 3.05) is 19.8 Å². The van der Waals surface area contributed by atoms with Gasteiger partial charge in [-0.3, -0.25) is 5.84 Å². The van der Waals surface area contributed by atoms with E-state index in [1.165, 1.54) is 0 Å². The Balaban J connectivity index is 1.88. The van der Waals surface area contributed by atoms with Crippen LogP contribution in [0.15, 0.2) is 30.0 Å². The normalized spacial score (nSPS) is 19.3. The van der Waals surface area contributed by atoms with Crippen LogP contribution in [0, 0.1) is 0 Å². The van der Waals surface area contributed by atoms with Gasteiger partial charge in [-0.2, -0.15) is 0 Å². The molecule has 0 saturated heterocycles. The molecule has 19 heavy (non-hydrogen) atoms. The quantitative estimate of drug-likeness (QED) is 0.640. The molecule has 1 atom stereocenters. The van der Waals surface area contributed by atoms with Crippen molar-refractivity contribution in [3.63, 3.8) is 0 Å². The van der Waals surface area contributed by atoms with Crippen molar-refractivity contribution in [3.8, 4) is 11.5 Å². The molecular formula is C14H18N2O3. The number of hydrogen-bond acceptors (Lipinski definition) is 5. The first-order valence-corrected chi connectivity index (χ1v) is 6.57. The first-order valence-electron chi connectivity index (χ1n) is 6.57. The molecule has 5 nitrogen and oxygen atoms in total. The highest BCUT2D eigenvalue weighted by molar-refractivity contribution is 5.45. The summed E-state index contributed by atoms with van der Waals surface area (Å²) in [6, 6.07) is 5.71. The standard InChI is InChI=1S/C14H18N2O3/c15-16-14(12-3-1-2-6-17-12)10-4-5-11-13(9-10)19-8-7-18-11/h3-5,9,14,16H,1-2,6-8,15H2. The number of hydrazine groups is 1. The van der Waals surface area contributed by atoms with Crippen LogP contribution in [-0.2, 0) is 4.74 Å². The largest absolute Gasteiger partial charge is 0.496 e. The maximum Gasteiger partial charge on any atom is 0.161 e. The Kier molecular flexibility index (Phi) is 3.57. The van der Waals surface area contributed by atoms with Gasteiger partial charge in [-0.25, -0.2) is 5.43 Å². The Morgan fingerprint density at radius 1 is 1.05 bits per heavy atom. The lowest BCUT2D eigenvalue weighted by molar-refractivity contribution is 0.165. The van der Waals surface area contributed by atoms with E-state index < -0.39 is 0 Å². The molecule has 2 aliphatic rings. The van der Waals surface area contributed by atoms with Crippen LogP contribution in [-0.4, -0.2) is 19.8 Å². The summed E-state index contributed by atoms with van der Waals surface area (Å²) in [7, 11) is 0. The van der Waals surface area contributed by atoms with Gasteiger partial charge in [-0.15, -0.1) is 0 Å². The van der Waals surface area contributed by atoms with E-state index in [4.69, 9.17) is 20.1 Å². The lowest BCUT2D eigenvalue weighted by atomic mass is 10.0. The zero-order valence-electron chi connectivity index (χ0n) is 10.7. The third-order valence-electron chi connectivity index (χ3n) is 3.31. The number of nitrogens with two attached hydrogens (primary N) is 1. The summed E-state index contributed by atoms with van der Waals surface area (Å²) in [5.74, 6) is 8.09. The van der Waals surface area contributed by atoms with Crippen LogP contribution in [0.2, 0.25) is 0 Å². The second kappa shape index (κ2) is 5.50. The van der Waals surface area contributed by atoms with E-state index in [0.29, 0.717) is 13.2 Å². The summed E-state index contributed by atoms with van der Waals surface area (Å²) in [5.41, 5.74) is 3.82. The van der Waals surface area contributed by atoms with Gasteiger partial charge in [0.05, 0.1) is 6.61 Å². The molecular weight excluding hydrogens is 244 g/mol. The van der Waals surface area contributed by atoms with E-state index in [2.05, 4.69) is 11.5 Å². The number of nitrogens with one attached hydrogen (secondary N) is 1. The Bertz CT molecular complexity index is 488. The predicted octanol–water partition coefficient (Wildman–Crippen LogP) is 1.66. The van der Waals surface area contributed by atoms with E-state index in [1.54, 1.807) is 0 Å². The highest BCUT2D eigenvalue weighted by Gasteiger charge is 2.21. The van der Waals surface area contributed by atoms with Crippen molar-refractivity contribution in [2.45, 2.75) is 18.9 Å². The lowest BCUT2D eigenvalue weighted by Crippen LogP contribution is -2.31. The van der Waals surface area contributed by atoms with Crippen LogP contribution in [0.5, 0.6) is 11.5 Å². The average molecular weight is 262 g/mol. The first kappa shape index (κ1) is 12.3. The minimum atomic E-state index is -0.142. The SMILES string of the molecule is NNC(C1=CCCCO1)c1ccc2c(c1)OCCO2. The lowest BCUT2D eigenvalue weighted by Gasteiger charge is -2.25. The zero-order chi connectivity index (χ0) is 13.1. The fraction of sp³-hybridized carbons (Fsp3) is 0.429. The van der Waals surface area contributed by atoms with E-state index in [0.717, 1.165) is 42.3 Å². The van der Waals surface area contributed by atoms with Crippen molar-refractivity contribution in [1.29, 1.82) is 0 Å². The smallest absolute Gasteiger partial charge is 0.161 e. The summed E-state index contributed by atoms with van der Waals surface area (Å²) in [5, 5.41) is 0. The van der Waals surface area contributed by atoms with Gasteiger partial charge in [0, 0.05) is 0 Å². The molecule has 0 spiro atoms. The Hall–Kier alpha value is -1.72. The minimum Gasteiger partial charge on any atom is -0.496 e. The van der Waals surface area contributed by atoms with Gasteiger partial charge in [-0.1, -0.05) is 6.07 Å². The highest BCUT2D eigenvalue weighted by Crippen LogP contribution is 2.34. The maximum atomic E-state index is 5.68. The molecule has 102 valence electrons. The van der Waals surface area contributed by atoms with E-state index in [9.17, 15) is 0 Å². The van der Waals surface area contributed by atoms with Crippen LogP contribution in [0.3, 0.4) is 0 Å². The fourth-order valence-corrected chi connectivity index (χ4v) is 2.36. The molecule has 1 unspecified atom stereocenters. The summed E-state index contributed by atoms with van der Waals surface area (Å²) in [4.78, 5) is 0. The highest BCUT2D eigenvalue weighted by atomic mass is 16.6. The predicted molar refractivity (Wildman–Crippen MR) is 70.8 cm³/mol. The third-order valence-corrected chi connectivity index (χ3v) is 3.31. The molecule has 0 bridgehead atoms. The van der Waals surface area contributed by atoms with Crippen molar-refractivity contribution < 1.29 is 14.2 Å². The van der Waals surface area contributed by atoms with Gasteiger partial charge in [0.15, 0.2) is 11.5 Å². The van der Waals surface area contributed by atoms with Gasteiger partial charge in [0.2, 0.25) is 0 Å². The van der Waals surface area contributed by atoms with Gasteiger partial charge in [0.25, 0.3) is 0 Å². The van der Waals surface area contributed by atoms with Crippen molar-refractivity contribution >= 4 is 0 Å². The van der Waals surface area contributed by atoms with Crippen molar-refractivity contribution in [2.24, 2.45) is 5.84 Å². The molecule has 0 amide bonds. The summed E-state index contributed by atoms with van der Waals surface area (Å²) in [6.07, 6.45) is 4.17. The molecule has 2 aliphatic heterocycles. The summed E-state index contributed by atoms with van der Waals surface area (Å²) >= 11 is 0. The average Bonchev–Trinajstić information content (AvgIpc) is 2.49. The number of fused-ring (bicyclic) bond motifs is 1. The number of hydrogen-bond donors (Lipinski definition) is 2. The van der Waals surface area contributed by atoms with Gasteiger partial charge < -0.3 is 14.2 Å². The van der Waals surface area contributed by atoms with Crippen LogP contribution in [0.1, 0.15) is 24.4 Å². The molecule has 0 saturated carbocycles. The molecule has 2 heterocycles. The van der Waals surface area contributed by atoms with Crippen LogP contribution < -0.4 is 20.7 Å². The number of benzene rings is 1. The van der Waals surface area contributed by atoms with E-state index >= 15 is 0 Å². The monoisotopic (exact) mass is 262 g/mol. The fourth-order valence-electron chi connectivity index (χ4n) is 2.36. The molecule has 3 rings (SSSR count). The van der Waals surface area contributed by atoms with Gasteiger partial charge in [-0.05, 0) is 36.6 Å². The second-order valence-electron chi connectivity index (χ2n) is 4.60. The van der Waals surface area contributed by atoms with Crippen LogP contribution in [0.4, 0.5) is 0 Å². The third kappa shape index (κ3) is 2.52. The first-order chi connectivity index (χ1) is 9.38. The Morgan fingerprint density at radius 2 is 1.89 bits per heavy atom. The molecule has 0 radical (unpaired) electrons. The summed E-state index contributed by atoms with van der Waals surface area (Å²) < 4.78 is 16.8. The maximum absolute atomic E-state index is 5.68. The van der Waals surface area contributed by atoms with Crippen LogP contribution in [0.25, 0.3) is 0 Å². The number of allylic oxidation sites excluding steroid dienone is 1. The van der Waals surface area contributed by atoms with Crippen molar-refractivity contribution in [1.82, 2.24) is 5.43 Å². The van der Waals surface area contributed by atoms with Gasteiger partial charge in [0.1, 0.15) is 25.0 Å². The molecule has 0 fully saturated rings.